The number of aliphatic carboxylic acids is 1. The van der Waals surface area contributed by atoms with Crippen molar-refractivity contribution >= 4 is 29.3 Å². The molecule has 2 atom stereocenters. The lowest BCUT2D eigenvalue weighted by atomic mass is 9.89. The molecule has 8 heteroatoms. The molecule has 2 unspecified atom stereocenters. The van der Waals surface area contributed by atoms with Crippen LogP contribution in [-0.4, -0.2) is 26.5 Å². The summed E-state index contributed by atoms with van der Waals surface area (Å²) in [5.74, 6) is -0.117. The van der Waals surface area contributed by atoms with Crippen molar-refractivity contribution in [3.8, 4) is 17.2 Å². The number of rotatable bonds is 4. The molecule has 3 aliphatic rings. The second-order valence-electron chi connectivity index (χ2n) is 10.7. The van der Waals surface area contributed by atoms with E-state index in [0.717, 1.165) is 42.6 Å². The minimum absolute atomic E-state index is 0.0632. The van der Waals surface area contributed by atoms with E-state index in [1.165, 1.54) is 0 Å². The number of carbonyl (C=O) groups is 2. The number of nitriles is 1. The van der Waals surface area contributed by atoms with Crippen LogP contribution in [0, 0.1) is 40.4 Å². The van der Waals surface area contributed by atoms with Crippen LogP contribution >= 0.6 is 11.6 Å². The van der Waals surface area contributed by atoms with Crippen LogP contribution < -0.4 is 5.32 Å². The molecule has 2 saturated carbocycles. The van der Waals surface area contributed by atoms with Gasteiger partial charge in [0.25, 0.3) is 0 Å². The van der Waals surface area contributed by atoms with Crippen LogP contribution in [0.5, 0.6) is 0 Å². The normalized spacial score (nSPS) is 27.1. The van der Waals surface area contributed by atoms with Gasteiger partial charge < -0.3 is 15.0 Å². The topological polar surface area (TPSA) is 108 Å². The highest BCUT2D eigenvalue weighted by Gasteiger charge is 2.45. The van der Waals surface area contributed by atoms with Crippen molar-refractivity contribution in [1.29, 1.82) is 5.26 Å². The van der Waals surface area contributed by atoms with Crippen LogP contribution in [0.4, 0.5) is 5.82 Å². The smallest absolute Gasteiger partial charge is 0.306 e. The van der Waals surface area contributed by atoms with Gasteiger partial charge in [-0.15, -0.1) is 0 Å². The number of halogens is 1. The van der Waals surface area contributed by atoms with Gasteiger partial charge in [-0.3, -0.25) is 9.59 Å². The molecule has 0 bridgehead atoms. The lowest BCUT2D eigenvalue weighted by Gasteiger charge is -2.16. The Morgan fingerprint density at radius 3 is 2.48 bits per heavy atom. The fourth-order valence-electron chi connectivity index (χ4n) is 6.20. The van der Waals surface area contributed by atoms with E-state index in [2.05, 4.69) is 34.8 Å². The highest BCUT2D eigenvalue weighted by atomic mass is 35.5. The summed E-state index contributed by atoms with van der Waals surface area (Å²) in [6, 6.07) is 5.95. The number of nitrogens with zero attached hydrogens (tertiary/aromatic N) is 3. The first-order chi connectivity index (χ1) is 15.6. The molecule has 1 amide bonds. The summed E-state index contributed by atoms with van der Waals surface area (Å²) < 4.78 is 2.06. The third kappa shape index (κ3) is 3.91. The second kappa shape index (κ2) is 7.88. The first-order valence-electron chi connectivity index (χ1n) is 11.5. The molecule has 2 aromatic rings. The van der Waals surface area contributed by atoms with Crippen molar-refractivity contribution < 1.29 is 14.7 Å². The van der Waals surface area contributed by atoms with E-state index in [1.54, 1.807) is 12.3 Å². The maximum absolute atomic E-state index is 13.0. The Morgan fingerprint density at radius 1 is 1.18 bits per heavy atom. The number of aromatic nitrogens is 2. The van der Waals surface area contributed by atoms with Crippen molar-refractivity contribution in [3.05, 3.63) is 34.7 Å². The Balaban J connectivity index is 1.35. The molecule has 1 aliphatic heterocycles. The van der Waals surface area contributed by atoms with Crippen molar-refractivity contribution in [1.82, 2.24) is 9.55 Å². The molecule has 33 heavy (non-hydrogen) atoms. The van der Waals surface area contributed by atoms with Crippen LogP contribution in [0.2, 0.25) is 5.02 Å². The predicted octanol–water partition coefficient (Wildman–Crippen LogP) is 4.73. The molecular weight excluding hydrogens is 440 g/mol. The molecule has 2 fully saturated rings. The SMILES string of the molecule is CC1(C)Cc2c(-c3cc(NC(=O)C4CC5CC(C(=O)O)CC5C4)ncc3Cl)cc(C#N)n2C1. The van der Waals surface area contributed by atoms with Crippen LogP contribution in [0.1, 0.15) is 50.9 Å². The maximum atomic E-state index is 13.0. The number of carboxylic acids is 1. The molecule has 0 radical (unpaired) electrons. The van der Waals surface area contributed by atoms with Gasteiger partial charge in [-0.25, -0.2) is 4.98 Å². The van der Waals surface area contributed by atoms with Gasteiger partial charge in [0.15, 0.2) is 0 Å². The molecule has 0 spiro atoms. The number of hydrogen-bond donors (Lipinski definition) is 2. The van der Waals surface area contributed by atoms with Crippen molar-refractivity contribution in [2.45, 2.75) is 52.5 Å². The molecule has 0 aromatic carbocycles. The van der Waals surface area contributed by atoms with Gasteiger partial charge in [0.05, 0.1) is 10.9 Å². The third-order valence-electron chi connectivity index (χ3n) is 7.69. The summed E-state index contributed by atoms with van der Waals surface area (Å²) >= 11 is 6.51. The fourth-order valence-corrected chi connectivity index (χ4v) is 6.40. The highest BCUT2D eigenvalue weighted by Crippen LogP contribution is 2.49. The lowest BCUT2D eigenvalue weighted by molar-refractivity contribution is -0.141. The van der Waals surface area contributed by atoms with E-state index in [9.17, 15) is 20.0 Å². The minimum Gasteiger partial charge on any atom is -0.481 e. The Bertz CT molecular complexity index is 1180. The summed E-state index contributed by atoms with van der Waals surface area (Å²) in [5.41, 5.74) is 3.43. The van der Waals surface area contributed by atoms with E-state index in [-0.39, 0.29) is 23.2 Å². The number of amides is 1. The standard InChI is InChI=1S/C25H27ClN4O3/c1-25(2)9-21-19(7-17(10-27)30(21)12-25)18-8-22(28-11-20(18)26)29-23(31)15-3-13-5-16(24(32)33)6-14(13)4-15/h7-8,11,13-16H,3-6,9,12H2,1-2H3,(H,32,33)(H,28,29,31). The summed E-state index contributed by atoms with van der Waals surface area (Å²) in [6.07, 6.45) is 5.19. The number of fused-ring (bicyclic) bond motifs is 2. The number of pyridine rings is 1. The number of carboxylic acid groups (broad SMARTS) is 1. The van der Waals surface area contributed by atoms with Crippen LogP contribution in [0.15, 0.2) is 18.3 Å². The molecule has 7 nitrogen and oxygen atoms in total. The Morgan fingerprint density at radius 2 is 1.85 bits per heavy atom. The van der Waals surface area contributed by atoms with E-state index in [0.29, 0.717) is 41.2 Å². The number of carbonyl (C=O) groups excluding carboxylic acids is 1. The lowest BCUT2D eigenvalue weighted by Crippen LogP contribution is -2.22. The molecule has 172 valence electrons. The van der Waals surface area contributed by atoms with Crippen molar-refractivity contribution in [2.24, 2.45) is 29.1 Å². The average molecular weight is 467 g/mol. The average Bonchev–Trinajstić information content (AvgIpc) is 3.47. The predicted molar refractivity (Wildman–Crippen MR) is 124 cm³/mol. The second-order valence-corrected chi connectivity index (χ2v) is 11.1. The van der Waals surface area contributed by atoms with Gasteiger partial charge in [0.2, 0.25) is 5.91 Å². The largest absolute Gasteiger partial charge is 0.481 e. The quantitative estimate of drug-likeness (QED) is 0.676. The zero-order valence-corrected chi connectivity index (χ0v) is 19.5. The van der Waals surface area contributed by atoms with Crippen molar-refractivity contribution in [2.75, 3.05) is 5.32 Å². The van der Waals surface area contributed by atoms with E-state index < -0.39 is 5.97 Å². The molecule has 2 aromatic heterocycles. The number of hydrogen-bond acceptors (Lipinski definition) is 4. The molecular formula is C25H27ClN4O3. The van der Waals surface area contributed by atoms with E-state index in [1.807, 2.05) is 6.07 Å². The van der Waals surface area contributed by atoms with Gasteiger partial charge in [0, 0.05) is 35.5 Å². The summed E-state index contributed by atoms with van der Waals surface area (Å²) in [6.45, 7) is 5.14. The Labute approximate surface area is 197 Å². The first-order valence-corrected chi connectivity index (χ1v) is 11.8. The Hall–Kier alpha value is -2.85. The van der Waals surface area contributed by atoms with Gasteiger partial charge in [-0.1, -0.05) is 25.4 Å². The van der Waals surface area contributed by atoms with E-state index in [4.69, 9.17) is 11.6 Å². The third-order valence-corrected chi connectivity index (χ3v) is 7.99. The summed E-state index contributed by atoms with van der Waals surface area (Å²) in [7, 11) is 0. The fraction of sp³-hybridized carbons (Fsp3) is 0.520. The Kier molecular flexibility index (Phi) is 5.24. The van der Waals surface area contributed by atoms with Gasteiger partial charge >= 0.3 is 5.97 Å². The molecule has 0 saturated heterocycles. The first kappa shape index (κ1) is 22.0. The maximum Gasteiger partial charge on any atom is 0.306 e. The van der Waals surface area contributed by atoms with Crippen molar-refractivity contribution in [3.63, 3.8) is 0 Å². The highest BCUT2D eigenvalue weighted by molar-refractivity contribution is 6.33. The van der Waals surface area contributed by atoms with Crippen LogP contribution in [-0.2, 0) is 22.6 Å². The number of nitrogens with one attached hydrogen (secondary N) is 1. The van der Waals surface area contributed by atoms with Gasteiger partial charge in [-0.05, 0) is 61.5 Å². The molecule has 5 rings (SSSR count). The zero-order valence-electron chi connectivity index (χ0n) is 18.8. The molecule has 2 aliphatic carbocycles. The monoisotopic (exact) mass is 466 g/mol. The molecule has 3 heterocycles. The van der Waals surface area contributed by atoms with Crippen LogP contribution in [0.25, 0.3) is 11.1 Å². The summed E-state index contributed by atoms with van der Waals surface area (Å²) in [5, 5.41) is 22.3. The van der Waals surface area contributed by atoms with Gasteiger partial charge in [-0.2, -0.15) is 5.26 Å². The summed E-state index contributed by atoms with van der Waals surface area (Å²) in [4.78, 5) is 28.6. The van der Waals surface area contributed by atoms with Gasteiger partial charge in [0.1, 0.15) is 17.6 Å². The minimum atomic E-state index is -0.719. The zero-order chi connectivity index (χ0) is 23.5. The van der Waals surface area contributed by atoms with E-state index >= 15 is 0 Å². The van der Waals surface area contributed by atoms with Crippen LogP contribution in [0.3, 0.4) is 0 Å². The number of anilines is 1. The molecule has 2 N–H and O–H groups in total.